The highest BCUT2D eigenvalue weighted by atomic mass is 32.2. The molecule has 20 heavy (non-hydrogen) atoms. The first-order valence-electron chi connectivity index (χ1n) is 5.89. The molecule has 1 aliphatic rings. The van der Waals surface area contributed by atoms with E-state index in [-0.39, 0.29) is 19.8 Å². The second kappa shape index (κ2) is 6.72. The molecule has 1 rings (SSSR count). The van der Waals surface area contributed by atoms with Crippen molar-refractivity contribution in [3.05, 3.63) is 0 Å². The fourth-order valence-electron chi connectivity index (χ4n) is 1.82. The smallest absolute Gasteiger partial charge is 0.389 e. The Morgan fingerprint density at radius 1 is 1.45 bits per heavy atom. The molecule has 0 aromatic carbocycles. The Labute approximate surface area is 114 Å². The number of sulfonamides is 1. The van der Waals surface area contributed by atoms with Gasteiger partial charge in [-0.3, -0.25) is 4.79 Å². The van der Waals surface area contributed by atoms with Gasteiger partial charge in [0, 0.05) is 13.0 Å². The van der Waals surface area contributed by atoms with Gasteiger partial charge < -0.3 is 9.47 Å². The number of ether oxygens (including phenoxy) is 2. The van der Waals surface area contributed by atoms with Crippen molar-refractivity contribution in [2.75, 3.05) is 32.6 Å². The van der Waals surface area contributed by atoms with E-state index in [2.05, 4.69) is 4.74 Å². The molecule has 1 fully saturated rings. The van der Waals surface area contributed by atoms with Crippen molar-refractivity contribution in [3.63, 3.8) is 0 Å². The maximum absolute atomic E-state index is 12.0. The van der Waals surface area contributed by atoms with Gasteiger partial charge in [0.05, 0.1) is 26.1 Å². The highest BCUT2D eigenvalue weighted by Gasteiger charge is 2.38. The summed E-state index contributed by atoms with van der Waals surface area (Å²) in [7, 11) is -2.85. The number of methoxy groups -OCH3 is 1. The third kappa shape index (κ3) is 4.91. The van der Waals surface area contributed by atoms with Crippen LogP contribution in [-0.2, 0) is 24.3 Å². The maximum Gasteiger partial charge on any atom is 0.389 e. The number of alkyl halides is 3. The fourth-order valence-corrected chi connectivity index (χ4v) is 3.45. The van der Waals surface area contributed by atoms with Crippen LogP contribution in [-0.4, -0.2) is 63.5 Å². The van der Waals surface area contributed by atoms with Crippen LogP contribution in [0.3, 0.4) is 0 Å². The topological polar surface area (TPSA) is 72.9 Å². The standard InChI is InChI=1S/C10H16F3NO5S/c1-18-9(15)8-7-19-5-4-14(8)20(16,17)6-2-3-10(11,12)13/h8H,2-7H2,1H3. The number of carbonyl (C=O) groups excluding carboxylic acids is 1. The van der Waals surface area contributed by atoms with E-state index in [0.717, 1.165) is 11.4 Å². The van der Waals surface area contributed by atoms with Crippen LogP contribution >= 0.6 is 0 Å². The monoisotopic (exact) mass is 319 g/mol. The first-order chi connectivity index (χ1) is 9.17. The summed E-state index contributed by atoms with van der Waals surface area (Å²) in [6.07, 6.45) is -6.13. The van der Waals surface area contributed by atoms with Crippen LogP contribution in [0.4, 0.5) is 13.2 Å². The maximum atomic E-state index is 12.0. The van der Waals surface area contributed by atoms with Crippen molar-refractivity contribution < 1.29 is 35.9 Å². The highest BCUT2D eigenvalue weighted by molar-refractivity contribution is 7.89. The molecule has 0 radical (unpaired) electrons. The van der Waals surface area contributed by atoms with Gasteiger partial charge in [0.25, 0.3) is 0 Å². The second-order valence-corrected chi connectivity index (χ2v) is 6.30. The van der Waals surface area contributed by atoms with Crippen LogP contribution in [0.2, 0.25) is 0 Å². The van der Waals surface area contributed by atoms with E-state index in [1.54, 1.807) is 0 Å². The molecule has 1 aliphatic heterocycles. The molecule has 6 nitrogen and oxygen atoms in total. The first kappa shape index (κ1) is 17.2. The second-order valence-electron chi connectivity index (χ2n) is 4.26. The van der Waals surface area contributed by atoms with Crippen molar-refractivity contribution in [2.45, 2.75) is 25.1 Å². The normalized spacial score (nSPS) is 21.7. The van der Waals surface area contributed by atoms with Crippen LogP contribution < -0.4 is 0 Å². The third-order valence-electron chi connectivity index (χ3n) is 2.77. The van der Waals surface area contributed by atoms with Gasteiger partial charge in [-0.05, 0) is 6.42 Å². The minimum atomic E-state index is -4.40. The van der Waals surface area contributed by atoms with E-state index >= 15 is 0 Å². The minimum Gasteiger partial charge on any atom is -0.468 e. The number of hydrogen-bond donors (Lipinski definition) is 0. The fraction of sp³-hybridized carbons (Fsp3) is 0.900. The Bertz CT molecular complexity index is 437. The number of morpholine rings is 1. The molecule has 0 bridgehead atoms. The van der Waals surface area contributed by atoms with Gasteiger partial charge in [0.15, 0.2) is 0 Å². The predicted molar refractivity (Wildman–Crippen MR) is 62.4 cm³/mol. The summed E-state index contributed by atoms with van der Waals surface area (Å²) in [6.45, 7) is -0.148. The van der Waals surface area contributed by atoms with Gasteiger partial charge in [-0.15, -0.1) is 0 Å². The van der Waals surface area contributed by atoms with Crippen molar-refractivity contribution in [1.29, 1.82) is 0 Å². The van der Waals surface area contributed by atoms with Crippen molar-refractivity contribution >= 4 is 16.0 Å². The lowest BCUT2D eigenvalue weighted by atomic mass is 10.3. The quantitative estimate of drug-likeness (QED) is 0.691. The molecule has 0 saturated carbocycles. The lowest BCUT2D eigenvalue weighted by Gasteiger charge is -2.32. The number of halogens is 3. The molecule has 1 saturated heterocycles. The van der Waals surface area contributed by atoms with Crippen molar-refractivity contribution in [2.24, 2.45) is 0 Å². The molecule has 1 heterocycles. The predicted octanol–water partition coefficient (Wildman–Crippen LogP) is 0.532. The van der Waals surface area contributed by atoms with Crippen LogP contribution in [0, 0.1) is 0 Å². The molecular weight excluding hydrogens is 303 g/mol. The zero-order valence-corrected chi connectivity index (χ0v) is 11.7. The van der Waals surface area contributed by atoms with Gasteiger partial charge in [-0.1, -0.05) is 0 Å². The van der Waals surface area contributed by atoms with E-state index in [1.165, 1.54) is 0 Å². The molecule has 10 heteroatoms. The average Bonchev–Trinajstić information content (AvgIpc) is 2.36. The van der Waals surface area contributed by atoms with Crippen LogP contribution in [0.5, 0.6) is 0 Å². The molecule has 118 valence electrons. The molecule has 0 spiro atoms. The number of rotatable bonds is 5. The summed E-state index contributed by atoms with van der Waals surface area (Å²) in [5.74, 6) is -1.45. The molecule has 0 aromatic heterocycles. The molecule has 1 unspecified atom stereocenters. The summed E-state index contributed by atoms with van der Waals surface area (Å²) in [5.41, 5.74) is 0. The lowest BCUT2D eigenvalue weighted by molar-refractivity contribution is -0.149. The number of carbonyl (C=O) groups is 1. The molecule has 0 aliphatic carbocycles. The Morgan fingerprint density at radius 2 is 2.10 bits per heavy atom. The molecule has 0 N–H and O–H groups in total. The average molecular weight is 319 g/mol. The third-order valence-corrected chi connectivity index (χ3v) is 4.73. The number of nitrogens with zero attached hydrogens (tertiary/aromatic N) is 1. The Balaban J connectivity index is 2.70. The number of esters is 1. The Kier molecular flexibility index (Phi) is 5.78. The minimum absolute atomic E-state index is 0.0753. The molecule has 1 atom stereocenters. The summed E-state index contributed by atoms with van der Waals surface area (Å²) in [5, 5.41) is 0. The van der Waals surface area contributed by atoms with Crippen LogP contribution in [0.25, 0.3) is 0 Å². The summed E-state index contributed by atoms with van der Waals surface area (Å²) >= 11 is 0. The van der Waals surface area contributed by atoms with Gasteiger partial charge in [0.2, 0.25) is 10.0 Å². The number of hydrogen-bond acceptors (Lipinski definition) is 5. The van der Waals surface area contributed by atoms with Crippen LogP contribution in [0.1, 0.15) is 12.8 Å². The summed E-state index contributed by atoms with van der Waals surface area (Å²) in [4.78, 5) is 11.5. The lowest BCUT2D eigenvalue weighted by Crippen LogP contribution is -2.53. The Morgan fingerprint density at radius 3 is 2.65 bits per heavy atom. The zero-order chi connectivity index (χ0) is 15.4. The van der Waals surface area contributed by atoms with E-state index < -0.39 is 46.8 Å². The SMILES string of the molecule is COC(=O)C1COCCN1S(=O)(=O)CCCC(F)(F)F. The highest BCUT2D eigenvalue weighted by Crippen LogP contribution is 2.23. The van der Waals surface area contributed by atoms with Gasteiger partial charge in [0.1, 0.15) is 6.04 Å². The Hall–Kier alpha value is -0.870. The first-order valence-corrected chi connectivity index (χ1v) is 7.50. The zero-order valence-electron chi connectivity index (χ0n) is 10.9. The van der Waals surface area contributed by atoms with Crippen molar-refractivity contribution in [3.8, 4) is 0 Å². The molecular formula is C10H16F3NO5S. The van der Waals surface area contributed by atoms with E-state index in [4.69, 9.17) is 4.74 Å². The van der Waals surface area contributed by atoms with E-state index in [0.29, 0.717) is 0 Å². The van der Waals surface area contributed by atoms with E-state index in [1.807, 2.05) is 0 Å². The van der Waals surface area contributed by atoms with Crippen LogP contribution in [0.15, 0.2) is 0 Å². The summed E-state index contributed by atoms with van der Waals surface area (Å²) in [6, 6.07) is -1.13. The van der Waals surface area contributed by atoms with Gasteiger partial charge >= 0.3 is 12.1 Å². The van der Waals surface area contributed by atoms with Gasteiger partial charge in [-0.25, -0.2) is 8.42 Å². The largest absolute Gasteiger partial charge is 0.468 e. The van der Waals surface area contributed by atoms with Gasteiger partial charge in [-0.2, -0.15) is 17.5 Å². The van der Waals surface area contributed by atoms with Crippen molar-refractivity contribution in [1.82, 2.24) is 4.31 Å². The summed E-state index contributed by atoms with van der Waals surface area (Å²) < 4.78 is 70.4. The van der Waals surface area contributed by atoms with E-state index in [9.17, 15) is 26.4 Å². The molecule has 0 amide bonds. The molecule has 0 aromatic rings.